The summed E-state index contributed by atoms with van der Waals surface area (Å²) in [6.45, 7) is 0. The second-order valence-corrected chi connectivity index (χ2v) is 5.93. The molecular weight excluding hydrogens is 242 g/mol. The molecule has 3 aromatic rings. The SMILES string of the molecule is c1ccc2c(c1)ccc1ccc(C3CCCCC3)nc12. The van der Waals surface area contributed by atoms with Gasteiger partial charge in [-0.2, -0.15) is 0 Å². The van der Waals surface area contributed by atoms with Gasteiger partial charge < -0.3 is 0 Å². The van der Waals surface area contributed by atoms with Gasteiger partial charge in [-0.1, -0.05) is 61.7 Å². The van der Waals surface area contributed by atoms with Crippen molar-refractivity contribution in [2.45, 2.75) is 38.0 Å². The van der Waals surface area contributed by atoms with Crippen LogP contribution in [0.1, 0.15) is 43.7 Å². The van der Waals surface area contributed by atoms with Gasteiger partial charge in [-0.05, 0) is 24.3 Å². The Balaban J connectivity index is 1.90. The minimum Gasteiger partial charge on any atom is -0.252 e. The van der Waals surface area contributed by atoms with Crippen LogP contribution in [0.5, 0.6) is 0 Å². The molecule has 1 heterocycles. The Morgan fingerprint density at radius 2 is 1.50 bits per heavy atom. The van der Waals surface area contributed by atoms with Crippen molar-refractivity contribution < 1.29 is 0 Å². The van der Waals surface area contributed by atoms with Gasteiger partial charge >= 0.3 is 0 Å². The van der Waals surface area contributed by atoms with E-state index in [4.69, 9.17) is 4.98 Å². The molecule has 0 N–H and O–H groups in total. The van der Waals surface area contributed by atoms with Gasteiger partial charge in [-0.25, -0.2) is 0 Å². The smallest absolute Gasteiger partial charge is 0.0783 e. The maximum atomic E-state index is 5.03. The molecule has 1 aliphatic carbocycles. The summed E-state index contributed by atoms with van der Waals surface area (Å²) in [6, 6.07) is 17.4. The Hall–Kier alpha value is -1.89. The maximum absolute atomic E-state index is 5.03. The van der Waals surface area contributed by atoms with Crippen LogP contribution in [0.3, 0.4) is 0 Å². The van der Waals surface area contributed by atoms with Gasteiger partial charge in [-0.15, -0.1) is 0 Å². The van der Waals surface area contributed by atoms with Crippen LogP contribution in [-0.2, 0) is 0 Å². The van der Waals surface area contributed by atoms with Crippen LogP contribution in [0.15, 0.2) is 48.5 Å². The fraction of sp³-hybridized carbons (Fsp3) is 0.316. The van der Waals surface area contributed by atoms with Crippen molar-refractivity contribution in [3.05, 3.63) is 54.2 Å². The molecule has 0 bridgehead atoms. The summed E-state index contributed by atoms with van der Waals surface area (Å²) in [5.41, 5.74) is 2.47. The first kappa shape index (κ1) is 11.9. The number of hydrogen-bond acceptors (Lipinski definition) is 1. The number of aromatic nitrogens is 1. The van der Waals surface area contributed by atoms with E-state index in [2.05, 4.69) is 48.5 Å². The van der Waals surface area contributed by atoms with Crippen molar-refractivity contribution in [2.24, 2.45) is 0 Å². The molecule has 0 spiro atoms. The van der Waals surface area contributed by atoms with Crippen LogP contribution in [0.4, 0.5) is 0 Å². The summed E-state index contributed by atoms with van der Waals surface area (Å²) >= 11 is 0. The molecule has 0 aliphatic heterocycles. The van der Waals surface area contributed by atoms with Crippen molar-refractivity contribution in [1.29, 1.82) is 0 Å². The van der Waals surface area contributed by atoms with E-state index < -0.39 is 0 Å². The first-order valence-electron chi connectivity index (χ1n) is 7.70. The van der Waals surface area contributed by atoms with Crippen molar-refractivity contribution in [3.63, 3.8) is 0 Å². The molecule has 1 nitrogen and oxygen atoms in total. The molecule has 0 unspecified atom stereocenters. The largest absolute Gasteiger partial charge is 0.252 e. The number of rotatable bonds is 1. The van der Waals surface area contributed by atoms with Gasteiger partial charge in [-0.3, -0.25) is 4.98 Å². The number of pyridine rings is 1. The van der Waals surface area contributed by atoms with E-state index in [0.29, 0.717) is 5.92 Å². The monoisotopic (exact) mass is 261 g/mol. The fourth-order valence-corrected chi connectivity index (χ4v) is 3.50. The van der Waals surface area contributed by atoms with E-state index in [9.17, 15) is 0 Å². The van der Waals surface area contributed by atoms with E-state index in [-0.39, 0.29) is 0 Å². The van der Waals surface area contributed by atoms with Gasteiger partial charge in [0.1, 0.15) is 0 Å². The number of hydrogen-bond donors (Lipinski definition) is 0. The molecule has 1 aliphatic rings. The van der Waals surface area contributed by atoms with E-state index >= 15 is 0 Å². The number of fused-ring (bicyclic) bond motifs is 3. The molecule has 100 valence electrons. The summed E-state index contributed by atoms with van der Waals surface area (Å²) in [6.07, 6.45) is 6.74. The van der Waals surface area contributed by atoms with Gasteiger partial charge in [0.2, 0.25) is 0 Å². The van der Waals surface area contributed by atoms with Gasteiger partial charge in [0.15, 0.2) is 0 Å². The second kappa shape index (κ2) is 4.90. The van der Waals surface area contributed by atoms with Crippen molar-refractivity contribution >= 4 is 21.7 Å². The van der Waals surface area contributed by atoms with E-state index in [0.717, 1.165) is 0 Å². The van der Waals surface area contributed by atoms with E-state index in [1.54, 1.807) is 0 Å². The van der Waals surface area contributed by atoms with Crippen LogP contribution in [0.25, 0.3) is 21.7 Å². The molecule has 20 heavy (non-hydrogen) atoms. The zero-order chi connectivity index (χ0) is 13.4. The third-order valence-electron chi connectivity index (χ3n) is 4.63. The number of benzene rings is 2. The quantitative estimate of drug-likeness (QED) is 0.532. The molecule has 0 atom stereocenters. The summed E-state index contributed by atoms with van der Waals surface area (Å²) < 4.78 is 0. The zero-order valence-corrected chi connectivity index (χ0v) is 11.7. The lowest BCUT2D eigenvalue weighted by Crippen LogP contribution is -2.06. The third-order valence-corrected chi connectivity index (χ3v) is 4.63. The first-order valence-corrected chi connectivity index (χ1v) is 7.70. The average Bonchev–Trinajstić information content (AvgIpc) is 2.55. The lowest BCUT2D eigenvalue weighted by molar-refractivity contribution is 0.437. The minimum absolute atomic E-state index is 0.673. The maximum Gasteiger partial charge on any atom is 0.0783 e. The topological polar surface area (TPSA) is 12.9 Å². The molecule has 1 aromatic heterocycles. The van der Waals surface area contributed by atoms with Crippen molar-refractivity contribution in [2.75, 3.05) is 0 Å². The standard InChI is InChI=1S/C19H19N/c1-2-7-15(8-3-1)18-13-12-16-11-10-14-6-4-5-9-17(14)19(16)20-18/h4-6,9-13,15H,1-3,7-8H2. The van der Waals surface area contributed by atoms with Gasteiger partial charge in [0.05, 0.1) is 5.52 Å². The highest BCUT2D eigenvalue weighted by atomic mass is 14.7. The Labute approximate surface area is 119 Å². The van der Waals surface area contributed by atoms with Crippen LogP contribution in [0.2, 0.25) is 0 Å². The lowest BCUT2D eigenvalue weighted by atomic mass is 9.86. The minimum atomic E-state index is 0.673. The van der Waals surface area contributed by atoms with E-state index in [1.807, 2.05) is 0 Å². The molecular formula is C19H19N. The molecule has 1 fully saturated rings. The van der Waals surface area contributed by atoms with Crippen molar-refractivity contribution in [3.8, 4) is 0 Å². The molecule has 0 amide bonds. The first-order chi connectivity index (χ1) is 9.92. The Morgan fingerprint density at radius 1 is 0.750 bits per heavy atom. The fourth-order valence-electron chi connectivity index (χ4n) is 3.50. The molecule has 0 radical (unpaired) electrons. The van der Waals surface area contributed by atoms with Crippen LogP contribution in [0, 0.1) is 0 Å². The van der Waals surface area contributed by atoms with Crippen LogP contribution >= 0.6 is 0 Å². The van der Waals surface area contributed by atoms with Gasteiger partial charge in [0, 0.05) is 22.4 Å². The van der Waals surface area contributed by atoms with E-state index in [1.165, 1.54) is 59.5 Å². The Kier molecular flexibility index (Phi) is 2.91. The zero-order valence-electron chi connectivity index (χ0n) is 11.7. The predicted molar refractivity (Wildman–Crippen MR) is 85.1 cm³/mol. The summed E-state index contributed by atoms with van der Waals surface area (Å²) in [5.74, 6) is 0.673. The molecule has 0 saturated heterocycles. The van der Waals surface area contributed by atoms with Gasteiger partial charge in [0.25, 0.3) is 0 Å². The van der Waals surface area contributed by atoms with Crippen LogP contribution in [-0.4, -0.2) is 4.98 Å². The summed E-state index contributed by atoms with van der Waals surface area (Å²) in [7, 11) is 0. The summed E-state index contributed by atoms with van der Waals surface area (Å²) in [5, 5.41) is 3.82. The Morgan fingerprint density at radius 3 is 2.40 bits per heavy atom. The third kappa shape index (κ3) is 1.98. The molecule has 2 aromatic carbocycles. The number of nitrogens with zero attached hydrogens (tertiary/aromatic N) is 1. The predicted octanol–water partition coefficient (Wildman–Crippen LogP) is 5.44. The molecule has 1 saturated carbocycles. The lowest BCUT2D eigenvalue weighted by Gasteiger charge is -2.21. The van der Waals surface area contributed by atoms with Crippen LogP contribution < -0.4 is 0 Å². The highest BCUT2D eigenvalue weighted by molar-refractivity contribution is 6.05. The highest BCUT2D eigenvalue weighted by Gasteiger charge is 2.17. The van der Waals surface area contributed by atoms with Crippen molar-refractivity contribution in [1.82, 2.24) is 4.98 Å². The highest BCUT2D eigenvalue weighted by Crippen LogP contribution is 2.33. The normalized spacial score (nSPS) is 16.8. The molecule has 1 heteroatoms. The molecule has 4 rings (SSSR count). The summed E-state index contributed by atoms with van der Waals surface area (Å²) in [4.78, 5) is 5.03. The second-order valence-electron chi connectivity index (χ2n) is 5.93. The Bertz CT molecular complexity index is 754. The average molecular weight is 261 g/mol.